The lowest BCUT2D eigenvalue weighted by molar-refractivity contribution is 0.0506. The minimum Gasteiger partial charge on any atom is -0.374 e. The van der Waals surface area contributed by atoms with Crippen LogP contribution in [-0.2, 0) is 4.74 Å². The predicted octanol–water partition coefficient (Wildman–Crippen LogP) is 1.91. The van der Waals surface area contributed by atoms with Crippen LogP contribution in [-0.4, -0.2) is 12.7 Å². The van der Waals surface area contributed by atoms with Crippen LogP contribution in [0.4, 0.5) is 0 Å². The second kappa shape index (κ2) is 2.36. The van der Waals surface area contributed by atoms with E-state index >= 15 is 0 Å². The lowest BCUT2D eigenvalue weighted by Crippen LogP contribution is -2.24. The smallest absolute Gasteiger partial charge is 0.0868 e. The number of rotatable bonds is 1. The SMILES string of the molecule is COC1(C)C=CC=CC1. The Morgan fingerprint density at radius 1 is 1.44 bits per heavy atom. The van der Waals surface area contributed by atoms with Crippen molar-refractivity contribution in [2.75, 3.05) is 7.11 Å². The second-order valence-corrected chi connectivity index (χ2v) is 2.51. The number of hydrogen-bond acceptors (Lipinski definition) is 1. The van der Waals surface area contributed by atoms with E-state index in [9.17, 15) is 0 Å². The van der Waals surface area contributed by atoms with E-state index in [1.54, 1.807) is 7.11 Å². The highest BCUT2D eigenvalue weighted by molar-refractivity contribution is 5.16. The fourth-order valence-electron chi connectivity index (χ4n) is 0.859. The van der Waals surface area contributed by atoms with Gasteiger partial charge in [-0.05, 0) is 13.3 Å². The van der Waals surface area contributed by atoms with Gasteiger partial charge in [0.05, 0.1) is 5.60 Å². The summed E-state index contributed by atoms with van der Waals surface area (Å²) in [5, 5.41) is 0. The van der Waals surface area contributed by atoms with Gasteiger partial charge < -0.3 is 4.74 Å². The molecule has 0 bridgehead atoms. The summed E-state index contributed by atoms with van der Waals surface area (Å²) in [7, 11) is 1.74. The highest BCUT2D eigenvalue weighted by Crippen LogP contribution is 2.19. The summed E-state index contributed by atoms with van der Waals surface area (Å²) in [4.78, 5) is 0. The van der Waals surface area contributed by atoms with Gasteiger partial charge in [-0.3, -0.25) is 0 Å². The number of allylic oxidation sites excluding steroid dienone is 2. The first-order valence-corrected chi connectivity index (χ1v) is 3.16. The minimum absolute atomic E-state index is 0.0469. The normalized spacial score (nSPS) is 33.1. The largest absolute Gasteiger partial charge is 0.374 e. The summed E-state index contributed by atoms with van der Waals surface area (Å²) in [6.45, 7) is 2.08. The third-order valence-corrected chi connectivity index (χ3v) is 1.69. The zero-order valence-corrected chi connectivity index (χ0v) is 5.92. The van der Waals surface area contributed by atoms with Gasteiger partial charge in [0, 0.05) is 7.11 Å². The van der Waals surface area contributed by atoms with E-state index in [-0.39, 0.29) is 5.60 Å². The second-order valence-electron chi connectivity index (χ2n) is 2.51. The van der Waals surface area contributed by atoms with Gasteiger partial charge >= 0.3 is 0 Å². The maximum absolute atomic E-state index is 5.24. The van der Waals surface area contributed by atoms with Gasteiger partial charge in [0.2, 0.25) is 0 Å². The predicted molar refractivity (Wildman–Crippen MR) is 38.3 cm³/mol. The molecule has 0 aromatic heterocycles. The molecule has 0 heterocycles. The topological polar surface area (TPSA) is 9.23 Å². The molecule has 0 spiro atoms. The Labute approximate surface area is 56.0 Å². The number of methoxy groups -OCH3 is 1. The van der Waals surface area contributed by atoms with Crippen molar-refractivity contribution in [1.82, 2.24) is 0 Å². The van der Waals surface area contributed by atoms with Crippen LogP contribution < -0.4 is 0 Å². The van der Waals surface area contributed by atoms with E-state index in [2.05, 4.69) is 19.1 Å². The molecule has 0 saturated carbocycles. The van der Waals surface area contributed by atoms with Crippen LogP contribution in [0, 0.1) is 0 Å². The molecule has 9 heavy (non-hydrogen) atoms. The Balaban J connectivity index is 2.63. The van der Waals surface area contributed by atoms with Crippen molar-refractivity contribution in [3.63, 3.8) is 0 Å². The summed E-state index contributed by atoms with van der Waals surface area (Å²) in [6.07, 6.45) is 9.24. The molecule has 1 rings (SSSR count). The Kier molecular flexibility index (Phi) is 1.72. The number of hydrogen-bond donors (Lipinski definition) is 0. The molecule has 1 unspecified atom stereocenters. The van der Waals surface area contributed by atoms with E-state index in [4.69, 9.17) is 4.74 Å². The van der Waals surface area contributed by atoms with Crippen LogP contribution in [0.3, 0.4) is 0 Å². The average Bonchev–Trinajstić information content (AvgIpc) is 1.90. The van der Waals surface area contributed by atoms with Gasteiger partial charge in [-0.15, -0.1) is 0 Å². The molecule has 1 aliphatic carbocycles. The molecule has 0 fully saturated rings. The zero-order valence-electron chi connectivity index (χ0n) is 5.92. The molecule has 0 N–H and O–H groups in total. The van der Waals surface area contributed by atoms with Gasteiger partial charge in [-0.2, -0.15) is 0 Å². The minimum atomic E-state index is -0.0469. The van der Waals surface area contributed by atoms with Gasteiger partial charge in [0.15, 0.2) is 0 Å². The highest BCUT2D eigenvalue weighted by atomic mass is 16.5. The third-order valence-electron chi connectivity index (χ3n) is 1.69. The first kappa shape index (κ1) is 6.56. The molecule has 50 valence electrons. The van der Waals surface area contributed by atoms with Crippen molar-refractivity contribution in [2.45, 2.75) is 18.9 Å². The van der Waals surface area contributed by atoms with Gasteiger partial charge in [-0.1, -0.05) is 24.3 Å². The standard InChI is InChI=1S/C8H12O/c1-8(9-2)6-4-3-5-7-8/h3-6H,7H2,1-2H3. The van der Waals surface area contributed by atoms with Crippen molar-refractivity contribution in [1.29, 1.82) is 0 Å². The van der Waals surface area contributed by atoms with Crippen molar-refractivity contribution in [3.05, 3.63) is 24.3 Å². The summed E-state index contributed by atoms with van der Waals surface area (Å²) >= 11 is 0. The molecular formula is C8H12O. The molecule has 1 nitrogen and oxygen atoms in total. The molecule has 1 aliphatic rings. The number of ether oxygens (including phenoxy) is 1. The molecule has 1 heteroatoms. The maximum Gasteiger partial charge on any atom is 0.0868 e. The van der Waals surface area contributed by atoms with E-state index < -0.39 is 0 Å². The monoisotopic (exact) mass is 124 g/mol. The van der Waals surface area contributed by atoms with Crippen LogP contribution in [0.5, 0.6) is 0 Å². The van der Waals surface area contributed by atoms with E-state index in [0.29, 0.717) is 0 Å². The van der Waals surface area contributed by atoms with Gasteiger partial charge in [0.1, 0.15) is 0 Å². The lowest BCUT2D eigenvalue weighted by Gasteiger charge is -2.24. The third kappa shape index (κ3) is 1.42. The Bertz CT molecular complexity index is 147. The van der Waals surface area contributed by atoms with Crippen molar-refractivity contribution < 1.29 is 4.74 Å². The van der Waals surface area contributed by atoms with Crippen LogP contribution in [0.2, 0.25) is 0 Å². The average molecular weight is 124 g/mol. The summed E-state index contributed by atoms with van der Waals surface area (Å²) in [5.74, 6) is 0. The van der Waals surface area contributed by atoms with E-state index in [1.807, 2.05) is 12.2 Å². The molecule has 0 aromatic rings. The van der Waals surface area contributed by atoms with Gasteiger partial charge in [0.25, 0.3) is 0 Å². The first-order valence-electron chi connectivity index (χ1n) is 3.16. The Morgan fingerprint density at radius 2 is 2.22 bits per heavy atom. The van der Waals surface area contributed by atoms with Crippen LogP contribution in [0.1, 0.15) is 13.3 Å². The fraction of sp³-hybridized carbons (Fsp3) is 0.500. The van der Waals surface area contributed by atoms with Crippen molar-refractivity contribution in [3.8, 4) is 0 Å². The molecule has 0 aromatic carbocycles. The molecule has 0 aliphatic heterocycles. The summed E-state index contributed by atoms with van der Waals surface area (Å²) in [6, 6.07) is 0. The molecule has 0 amide bonds. The maximum atomic E-state index is 5.24. The lowest BCUT2D eigenvalue weighted by atomic mass is 9.98. The van der Waals surface area contributed by atoms with Crippen molar-refractivity contribution in [2.24, 2.45) is 0 Å². The Morgan fingerprint density at radius 3 is 2.56 bits per heavy atom. The summed E-state index contributed by atoms with van der Waals surface area (Å²) in [5.41, 5.74) is -0.0469. The molecular weight excluding hydrogens is 112 g/mol. The quantitative estimate of drug-likeness (QED) is 0.518. The highest BCUT2D eigenvalue weighted by Gasteiger charge is 2.18. The fourth-order valence-corrected chi connectivity index (χ4v) is 0.859. The van der Waals surface area contributed by atoms with Crippen LogP contribution >= 0.6 is 0 Å². The zero-order chi connectivity index (χ0) is 6.74. The first-order chi connectivity index (χ1) is 4.27. The van der Waals surface area contributed by atoms with Crippen LogP contribution in [0.15, 0.2) is 24.3 Å². The van der Waals surface area contributed by atoms with Crippen molar-refractivity contribution >= 4 is 0 Å². The van der Waals surface area contributed by atoms with E-state index in [1.165, 1.54) is 0 Å². The molecule has 1 atom stereocenters. The van der Waals surface area contributed by atoms with E-state index in [0.717, 1.165) is 6.42 Å². The summed E-state index contributed by atoms with van der Waals surface area (Å²) < 4.78 is 5.24. The van der Waals surface area contributed by atoms with Crippen LogP contribution in [0.25, 0.3) is 0 Å². The molecule has 0 saturated heterocycles. The van der Waals surface area contributed by atoms with Gasteiger partial charge in [-0.25, -0.2) is 0 Å². The molecule has 0 radical (unpaired) electrons. The Hall–Kier alpha value is -0.560.